The van der Waals surface area contributed by atoms with Crippen molar-refractivity contribution in [1.82, 2.24) is 0 Å². The molecule has 2 heteroatoms. The molecule has 0 bridgehead atoms. The van der Waals surface area contributed by atoms with Gasteiger partial charge in [0.05, 0.1) is 12.2 Å². The van der Waals surface area contributed by atoms with Gasteiger partial charge in [0, 0.05) is 5.56 Å². The largest absolute Gasteiger partial charge is 0.490 e. The predicted molar refractivity (Wildman–Crippen MR) is 73.7 cm³/mol. The van der Waals surface area contributed by atoms with Gasteiger partial charge < -0.3 is 9.84 Å². The average Bonchev–Trinajstić information content (AvgIpc) is 2.27. The van der Waals surface area contributed by atoms with Crippen LogP contribution in [0.4, 0.5) is 0 Å². The average molecular weight is 248 g/mol. The van der Waals surface area contributed by atoms with Crippen LogP contribution in [-0.2, 0) is 0 Å². The molecule has 0 radical (unpaired) electrons. The first-order valence-electron chi connectivity index (χ1n) is 7.00. The van der Waals surface area contributed by atoms with E-state index in [2.05, 4.69) is 13.8 Å². The van der Waals surface area contributed by atoms with E-state index in [0.29, 0.717) is 6.10 Å². The minimum absolute atomic E-state index is 0.295. The van der Waals surface area contributed by atoms with Crippen molar-refractivity contribution < 1.29 is 9.84 Å². The lowest BCUT2D eigenvalue weighted by Crippen LogP contribution is -2.28. The highest BCUT2D eigenvalue weighted by Gasteiger charge is 2.26. The molecule has 0 spiro atoms. The maximum Gasteiger partial charge on any atom is 0.125 e. The molecule has 2 rings (SSSR count). The zero-order valence-corrected chi connectivity index (χ0v) is 11.6. The second kappa shape index (κ2) is 5.75. The highest BCUT2D eigenvalue weighted by Crippen LogP contribution is 2.33. The van der Waals surface area contributed by atoms with Gasteiger partial charge in [-0.1, -0.05) is 32.0 Å². The molecule has 0 saturated heterocycles. The van der Waals surface area contributed by atoms with Crippen LogP contribution < -0.4 is 4.74 Å². The summed E-state index contributed by atoms with van der Waals surface area (Å²) in [6.07, 6.45) is 3.37. The van der Waals surface area contributed by atoms with Crippen LogP contribution in [0.3, 0.4) is 0 Å². The molecule has 3 atom stereocenters. The third-order valence-electron chi connectivity index (χ3n) is 3.80. The van der Waals surface area contributed by atoms with Crippen molar-refractivity contribution in [3.8, 4) is 5.75 Å². The summed E-state index contributed by atoms with van der Waals surface area (Å²) in [6, 6.07) is 7.82. The van der Waals surface area contributed by atoms with Gasteiger partial charge >= 0.3 is 0 Å². The molecule has 1 aliphatic rings. The fourth-order valence-corrected chi connectivity index (χ4v) is 3.08. The Bertz CT molecular complexity index is 376. The molecule has 1 fully saturated rings. The molecule has 1 aliphatic carbocycles. The summed E-state index contributed by atoms with van der Waals surface area (Å²) < 4.78 is 6.13. The van der Waals surface area contributed by atoms with Crippen molar-refractivity contribution in [3.05, 3.63) is 29.8 Å². The van der Waals surface area contributed by atoms with Gasteiger partial charge in [0.2, 0.25) is 0 Å². The number of benzene rings is 1. The Balaban J connectivity index is 2.09. The fourth-order valence-electron chi connectivity index (χ4n) is 3.08. The second-order valence-electron chi connectivity index (χ2n) is 5.87. The maximum absolute atomic E-state index is 9.76. The number of aliphatic hydroxyl groups excluding tert-OH is 1. The Morgan fingerprint density at radius 2 is 1.72 bits per heavy atom. The monoisotopic (exact) mass is 248 g/mol. The van der Waals surface area contributed by atoms with E-state index in [0.717, 1.165) is 36.0 Å². The topological polar surface area (TPSA) is 29.5 Å². The van der Waals surface area contributed by atoms with Crippen molar-refractivity contribution in [2.45, 2.75) is 52.2 Å². The van der Waals surface area contributed by atoms with E-state index in [1.165, 1.54) is 6.42 Å². The highest BCUT2D eigenvalue weighted by atomic mass is 16.5. The van der Waals surface area contributed by atoms with E-state index in [1.807, 2.05) is 24.3 Å². The summed E-state index contributed by atoms with van der Waals surface area (Å²) >= 11 is 0. The fraction of sp³-hybridized carbons (Fsp3) is 0.625. The minimum Gasteiger partial charge on any atom is -0.490 e. The van der Waals surface area contributed by atoms with Crippen LogP contribution in [0.1, 0.15) is 51.7 Å². The van der Waals surface area contributed by atoms with Gasteiger partial charge in [0.1, 0.15) is 5.75 Å². The second-order valence-corrected chi connectivity index (χ2v) is 5.87. The number of aliphatic hydroxyl groups is 1. The molecule has 0 aliphatic heterocycles. The van der Waals surface area contributed by atoms with Crippen LogP contribution in [0.15, 0.2) is 24.3 Å². The predicted octanol–water partition coefficient (Wildman–Crippen LogP) is 3.94. The number of rotatable bonds is 3. The third-order valence-corrected chi connectivity index (χ3v) is 3.80. The SMILES string of the molecule is CC1CC(C)CC(Oc2ccccc2[C@@H](C)O)C1. The van der Waals surface area contributed by atoms with Crippen molar-refractivity contribution in [2.75, 3.05) is 0 Å². The quantitative estimate of drug-likeness (QED) is 0.877. The Kier molecular flexibility index (Phi) is 4.28. The van der Waals surface area contributed by atoms with Gasteiger partial charge in [0.25, 0.3) is 0 Å². The summed E-state index contributed by atoms with van der Waals surface area (Å²) in [5.74, 6) is 2.31. The summed E-state index contributed by atoms with van der Waals surface area (Å²) in [7, 11) is 0. The van der Waals surface area contributed by atoms with Gasteiger partial charge in [-0.2, -0.15) is 0 Å². The first-order valence-corrected chi connectivity index (χ1v) is 7.00. The van der Waals surface area contributed by atoms with Crippen LogP contribution in [0.5, 0.6) is 5.75 Å². The lowest BCUT2D eigenvalue weighted by Gasteiger charge is -2.32. The summed E-state index contributed by atoms with van der Waals surface area (Å²) in [5, 5.41) is 9.76. The molecular weight excluding hydrogens is 224 g/mol. The highest BCUT2D eigenvalue weighted by molar-refractivity contribution is 5.34. The van der Waals surface area contributed by atoms with E-state index in [1.54, 1.807) is 6.92 Å². The molecular formula is C16H24O2. The maximum atomic E-state index is 9.76. The molecule has 1 aromatic carbocycles. The lowest BCUT2D eigenvalue weighted by molar-refractivity contribution is 0.0960. The van der Waals surface area contributed by atoms with E-state index in [4.69, 9.17) is 4.74 Å². The van der Waals surface area contributed by atoms with Gasteiger partial charge in [-0.3, -0.25) is 0 Å². The number of hydrogen-bond donors (Lipinski definition) is 1. The van der Waals surface area contributed by atoms with E-state index < -0.39 is 6.10 Å². The molecule has 100 valence electrons. The minimum atomic E-state index is -0.473. The first kappa shape index (κ1) is 13.4. The Hall–Kier alpha value is -1.02. The zero-order chi connectivity index (χ0) is 13.1. The number of ether oxygens (including phenoxy) is 1. The van der Waals surface area contributed by atoms with Gasteiger partial charge in [-0.15, -0.1) is 0 Å². The molecule has 18 heavy (non-hydrogen) atoms. The van der Waals surface area contributed by atoms with E-state index in [9.17, 15) is 5.11 Å². The molecule has 1 aromatic rings. The molecule has 2 unspecified atom stereocenters. The summed E-state index contributed by atoms with van der Waals surface area (Å²) in [4.78, 5) is 0. The first-order chi connectivity index (χ1) is 8.56. The van der Waals surface area contributed by atoms with Gasteiger partial charge in [-0.05, 0) is 44.1 Å². The third kappa shape index (κ3) is 3.26. The van der Waals surface area contributed by atoms with E-state index in [-0.39, 0.29) is 0 Å². The standard InChI is InChI=1S/C16H24O2/c1-11-8-12(2)10-14(9-11)18-16-7-5-4-6-15(16)13(3)17/h4-7,11-14,17H,8-10H2,1-3H3/t11?,12?,13-,14?/m1/s1. The van der Waals surface area contributed by atoms with Crippen molar-refractivity contribution in [2.24, 2.45) is 11.8 Å². The van der Waals surface area contributed by atoms with Crippen LogP contribution in [0, 0.1) is 11.8 Å². The van der Waals surface area contributed by atoms with Crippen molar-refractivity contribution in [3.63, 3.8) is 0 Å². The normalized spacial score (nSPS) is 29.9. The van der Waals surface area contributed by atoms with Gasteiger partial charge in [0.15, 0.2) is 0 Å². The molecule has 0 aromatic heterocycles. The molecule has 1 saturated carbocycles. The number of hydrogen-bond acceptors (Lipinski definition) is 2. The Morgan fingerprint density at radius 1 is 1.11 bits per heavy atom. The van der Waals surface area contributed by atoms with E-state index >= 15 is 0 Å². The van der Waals surface area contributed by atoms with Gasteiger partial charge in [-0.25, -0.2) is 0 Å². The van der Waals surface area contributed by atoms with Crippen LogP contribution >= 0.6 is 0 Å². The summed E-state index contributed by atoms with van der Waals surface area (Å²) in [5.41, 5.74) is 0.892. The van der Waals surface area contributed by atoms with Crippen LogP contribution in [-0.4, -0.2) is 11.2 Å². The van der Waals surface area contributed by atoms with Crippen LogP contribution in [0.25, 0.3) is 0 Å². The summed E-state index contributed by atoms with van der Waals surface area (Å²) in [6.45, 7) is 6.38. The lowest BCUT2D eigenvalue weighted by atomic mass is 9.82. The molecule has 2 nitrogen and oxygen atoms in total. The van der Waals surface area contributed by atoms with Crippen LogP contribution in [0.2, 0.25) is 0 Å². The zero-order valence-electron chi connectivity index (χ0n) is 11.6. The van der Waals surface area contributed by atoms with Crippen molar-refractivity contribution >= 4 is 0 Å². The molecule has 0 heterocycles. The van der Waals surface area contributed by atoms with Crippen molar-refractivity contribution in [1.29, 1.82) is 0 Å². The Labute approximate surface area is 110 Å². The molecule has 1 N–H and O–H groups in total. The smallest absolute Gasteiger partial charge is 0.125 e. The molecule has 0 amide bonds. The number of para-hydroxylation sites is 1. The Morgan fingerprint density at radius 3 is 2.33 bits per heavy atom.